The fourth-order valence-electron chi connectivity index (χ4n) is 3.62. The first-order valence-corrected chi connectivity index (χ1v) is 7.40. The van der Waals surface area contributed by atoms with E-state index in [2.05, 4.69) is 50.8 Å². The number of hydrogen-bond donors (Lipinski definition) is 1. The van der Waals surface area contributed by atoms with Gasteiger partial charge in [-0.2, -0.15) is 0 Å². The fourth-order valence-corrected chi connectivity index (χ4v) is 3.62. The molecule has 1 N–H and O–H groups in total. The maximum atomic E-state index is 11.7. The number of benzene rings is 1. The molecule has 1 aromatic carbocycles. The molecule has 1 heterocycles. The van der Waals surface area contributed by atoms with Crippen LogP contribution in [0, 0.1) is 6.92 Å². The first-order valence-electron chi connectivity index (χ1n) is 7.40. The third-order valence-electron chi connectivity index (χ3n) is 4.42. The van der Waals surface area contributed by atoms with Crippen LogP contribution in [-0.2, 0) is 4.79 Å². The van der Waals surface area contributed by atoms with E-state index >= 15 is 0 Å². The summed E-state index contributed by atoms with van der Waals surface area (Å²) < 4.78 is 0. The summed E-state index contributed by atoms with van der Waals surface area (Å²) in [7, 11) is 0. The topological polar surface area (TPSA) is 40.5 Å². The number of carbonyl (C=O) groups is 1. The predicted molar refractivity (Wildman–Crippen MR) is 82.5 cm³/mol. The molecule has 0 spiro atoms. The van der Waals surface area contributed by atoms with Gasteiger partial charge < -0.3 is 10.0 Å². The van der Waals surface area contributed by atoms with Gasteiger partial charge in [0.1, 0.15) is 6.04 Å². The lowest BCUT2D eigenvalue weighted by molar-refractivity contribution is -0.139. The number of fused-ring (bicyclic) bond motifs is 1. The van der Waals surface area contributed by atoms with E-state index in [1.165, 1.54) is 11.1 Å². The van der Waals surface area contributed by atoms with E-state index < -0.39 is 12.0 Å². The quantitative estimate of drug-likeness (QED) is 0.908. The predicted octanol–water partition coefficient (Wildman–Crippen LogP) is 3.95. The largest absolute Gasteiger partial charge is 0.480 e. The summed E-state index contributed by atoms with van der Waals surface area (Å²) in [6.07, 6.45) is 1.59. The molecule has 0 saturated heterocycles. The van der Waals surface area contributed by atoms with Crippen molar-refractivity contribution in [3.63, 3.8) is 0 Å². The van der Waals surface area contributed by atoms with Crippen LogP contribution >= 0.6 is 0 Å². The molecule has 1 aliphatic rings. The Morgan fingerprint density at radius 1 is 1.50 bits per heavy atom. The summed E-state index contributed by atoms with van der Waals surface area (Å²) in [5.41, 5.74) is 3.41. The van der Waals surface area contributed by atoms with E-state index in [0.29, 0.717) is 12.3 Å². The van der Waals surface area contributed by atoms with Crippen molar-refractivity contribution in [3.05, 3.63) is 29.3 Å². The number of hydrogen-bond acceptors (Lipinski definition) is 2. The van der Waals surface area contributed by atoms with E-state index in [0.717, 1.165) is 12.1 Å². The van der Waals surface area contributed by atoms with E-state index in [1.807, 2.05) is 6.92 Å². The van der Waals surface area contributed by atoms with Gasteiger partial charge in [-0.05, 0) is 56.7 Å². The number of nitrogens with zero attached hydrogens (tertiary/aromatic N) is 1. The molecule has 110 valence electrons. The number of carboxylic acid groups (broad SMARTS) is 1. The Hall–Kier alpha value is -1.51. The minimum absolute atomic E-state index is 0.140. The first kappa shape index (κ1) is 14.9. The molecule has 3 heteroatoms. The van der Waals surface area contributed by atoms with E-state index in [9.17, 15) is 9.90 Å². The molecule has 20 heavy (non-hydrogen) atoms. The van der Waals surface area contributed by atoms with Crippen molar-refractivity contribution in [1.29, 1.82) is 0 Å². The molecule has 3 nitrogen and oxygen atoms in total. The smallest absolute Gasteiger partial charge is 0.326 e. The van der Waals surface area contributed by atoms with Crippen molar-refractivity contribution in [3.8, 4) is 0 Å². The molecule has 1 aliphatic heterocycles. The van der Waals surface area contributed by atoms with Crippen molar-refractivity contribution in [2.24, 2.45) is 0 Å². The zero-order chi connectivity index (χ0) is 15.1. The summed E-state index contributed by atoms with van der Waals surface area (Å²) >= 11 is 0. The van der Waals surface area contributed by atoms with Crippen LogP contribution < -0.4 is 4.90 Å². The Morgan fingerprint density at radius 3 is 2.70 bits per heavy atom. The monoisotopic (exact) mass is 275 g/mol. The number of aryl methyl sites for hydroxylation is 1. The zero-order valence-electron chi connectivity index (χ0n) is 13.1. The summed E-state index contributed by atoms with van der Waals surface area (Å²) in [4.78, 5) is 13.8. The summed E-state index contributed by atoms with van der Waals surface area (Å²) in [5.74, 6) is -0.272. The average molecular weight is 275 g/mol. The Bertz CT molecular complexity index is 522. The van der Waals surface area contributed by atoms with Crippen LogP contribution in [0.15, 0.2) is 18.2 Å². The van der Waals surface area contributed by atoms with Crippen LogP contribution in [-0.4, -0.2) is 22.7 Å². The van der Waals surface area contributed by atoms with E-state index in [4.69, 9.17) is 0 Å². The number of anilines is 1. The highest BCUT2D eigenvalue weighted by Crippen LogP contribution is 2.45. The lowest BCUT2D eigenvalue weighted by Crippen LogP contribution is -2.56. The van der Waals surface area contributed by atoms with Gasteiger partial charge in [0.15, 0.2) is 0 Å². The second kappa shape index (κ2) is 5.12. The van der Waals surface area contributed by atoms with Gasteiger partial charge in [-0.15, -0.1) is 0 Å². The summed E-state index contributed by atoms with van der Waals surface area (Å²) in [5, 5.41) is 9.58. The lowest BCUT2D eigenvalue weighted by atomic mass is 9.78. The number of aliphatic carboxylic acids is 1. The van der Waals surface area contributed by atoms with Crippen molar-refractivity contribution < 1.29 is 9.90 Å². The zero-order valence-corrected chi connectivity index (χ0v) is 13.1. The normalized spacial score (nSPS) is 22.2. The van der Waals surface area contributed by atoms with Crippen LogP contribution in [0.4, 0.5) is 5.69 Å². The maximum Gasteiger partial charge on any atom is 0.326 e. The van der Waals surface area contributed by atoms with Crippen LogP contribution in [0.1, 0.15) is 57.6 Å². The molecule has 0 unspecified atom stereocenters. The van der Waals surface area contributed by atoms with Gasteiger partial charge in [0.2, 0.25) is 0 Å². The highest BCUT2D eigenvalue weighted by molar-refractivity contribution is 5.80. The molecule has 0 saturated carbocycles. The second-order valence-corrected chi connectivity index (χ2v) is 6.61. The van der Waals surface area contributed by atoms with Crippen molar-refractivity contribution >= 4 is 11.7 Å². The highest BCUT2D eigenvalue weighted by atomic mass is 16.4. The van der Waals surface area contributed by atoms with Gasteiger partial charge in [-0.3, -0.25) is 0 Å². The number of rotatable bonds is 3. The van der Waals surface area contributed by atoms with Gasteiger partial charge in [0.25, 0.3) is 0 Å². The van der Waals surface area contributed by atoms with Gasteiger partial charge in [-0.25, -0.2) is 4.79 Å². The molecule has 0 bridgehead atoms. The van der Waals surface area contributed by atoms with Gasteiger partial charge in [0.05, 0.1) is 0 Å². The lowest BCUT2D eigenvalue weighted by Gasteiger charge is -2.50. The standard InChI is InChI=1S/C17H25NO2/c1-6-14(16(19)20)18-15-9-11(2)7-8-13(15)12(3)10-17(18,4)5/h7-9,12,14H,6,10H2,1-5H3,(H,19,20)/t12-,14-/m0/s1. The minimum Gasteiger partial charge on any atom is -0.480 e. The SMILES string of the molecule is CC[C@@H](C(=O)O)N1c2cc(C)ccc2[C@@H](C)CC1(C)C. The fraction of sp³-hybridized carbons (Fsp3) is 0.588. The van der Waals surface area contributed by atoms with Crippen molar-refractivity contribution in [2.75, 3.05) is 4.90 Å². The molecule has 2 atom stereocenters. The number of carboxylic acids is 1. The van der Waals surface area contributed by atoms with Gasteiger partial charge in [-0.1, -0.05) is 26.0 Å². The van der Waals surface area contributed by atoms with Gasteiger partial charge in [0, 0.05) is 11.2 Å². The summed E-state index contributed by atoms with van der Waals surface area (Å²) in [6.45, 7) is 10.5. The molecule has 0 fully saturated rings. The van der Waals surface area contributed by atoms with Crippen LogP contribution in [0.25, 0.3) is 0 Å². The molecule has 0 radical (unpaired) electrons. The molecular weight excluding hydrogens is 250 g/mol. The van der Waals surface area contributed by atoms with Crippen LogP contribution in [0.2, 0.25) is 0 Å². The third kappa shape index (κ3) is 2.41. The van der Waals surface area contributed by atoms with Crippen molar-refractivity contribution in [2.45, 2.75) is 65.0 Å². The molecule has 2 rings (SSSR count). The van der Waals surface area contributed by atoms with Crippen LogP contribution in [0.3, 0.4) is 0 Å². The second-order valence-electron chi connectivity index (χ2n) is 6.61. The molecule has 1 aromatic rings. The highest BCUT2D eigenvalue weighted by Gasteiger charge is 2.41. The molecule has 0 aliphatic carbocycles. The van der Waals surface area contributed by atoms with E-state index in [1.54, 1.807) is 0 Å². The molecular formula is C17H25NO2. The van der Waals surface area contributed by atoms with Crippen LogP contribution in [0.5, 0.6) is 0 Å². The summed E-state index contributed by atoms with van der Waals surface area (Å²) in [6, 6.07) is 5.95. The average Bonchev–Trinajstić information content (AvgIpc) is 2.32. The third-order valence-corrected chi connectivity index (χ3v) is 4.42. The first-order chi connectivity index (χ1) is 9.27. The Morgan fingerprint density at radius 2 is 2.15 bits per heavy atom. The minimum atomic E-state index is -0.734. The maximum absolute atomic E-state index is 11.7. The molecule has 0 amide bonds. The van der Waals surface area contributed by atoms with Crippen molar-refractivity contribution in [1.82, 2.24) is 0 Å². The Labute approximate surface area is 121 Å². The Kier molecular flexibility index (Phi) is 3.81. The Balaban J connectivity index is 2.61. The molecule has 0 aromatic heterocycles. The van der Waals surface area contributed by atoms with E-state index in [-0.39, 0.29) is 5.54 Å². The van der Waals surface area contributed by atoms with Gasteiger partial charge >= 0.3 is 5.97 Å².